The normalized spacial score (nSPS) is 11.4. The maximum absolute atomic E-state index is 10.8. The van der Waals surface area contributed by atoms with E-state index >= 15 is 0 Å². The van der Waals surface area contributed by atoms with Gasteiger partial charge in [0.25, 0.3) is 0 Å². The smallest absolute Gasteiger partial charge is 0.0498 e. The zero-order valence-corrected chi connectivity index (χ0v) is 9.78. The first-order chi connectivity index (χ1) is 6.11. The van der Waals surface area contributed by atoms with Crippen LogP contribution in [0, 0.1) is 0 Å². The van der Waals surface area contributed by atoms with Crippen molar-refractivity contribution in [3.63, 3.8) is 0 Å². The monoisotopic (exact) mass is 218 g/mol. The fourth-order valence-electron chi connectivity index (χ4n) is 0.626. The summed E-state index contributed by atoms with van der Waals surface area (Å²) in [6.45, 7) is 4.25. The standard InChI is InChI=1S/C7H7ClOS.C3H8/c1-10(9)7-4-2-6(8)3-5-7;1-3-2/h2-5H,1H3;3H2,1-2H3. The molecule has 0 N–H and O–H groups in total. The first kappa shape index (κ1) is 12.7. The van der Waals surface area contributed by atoms with E-state index in [1.165, 1.54) is 6.42 Å². The van der Waals surface area contributed by atoms with Crippen molar-refractivity contribution in [1.82, 2.24) is 0 Å². The van der Waals surface area contributed by atoms with Gasteiger partial charge in [0.05, 0.1) is 0 Å². The second-order valence-corrected chi connectivity index (χ2v) is 4.43. The van der Waals surface area contributed by atoms with Gasteiger partial charge < -0.3 is 0 Å². The molecule has 1 unspecified atom stereocenters. The van der Waals surface area contributed by atoms with E-state index in [-0.39, 0.29) is 0 Å². The van der Waals surface area contributed by atoms with Crippen LogP contribution < -0.4 is 0 Å². The molecular formula is C10H15ClOS. The third-order valence-electron chi connectivity index (χ3n) is 1.15. The Hall–Kier alpha value is -0.340. The van der Waals surface area contributed by atoms with Gasteiger partial charge in [-0.3, -0.25) is 4.21 Å². The maximum Gasteiger partial charge on any atom is 0.0498 e. The van der Waals surface area contributed by atoms with Crippen LogP contribution in [0.2, 0.25) is 5.02 Å². The molecule has 0 spiro atoms. The summed E-state index contributed by atoms with van der Waals surface area (Å²) in [5.41, 5.74) is 0. The number of halogens is 1. The predicted octanol–water partition coefficient (Wildman–Crippen LogP) is 3.49. The van der Waals surface area contributed by atoms with Gasteiger partial charge in [0.1, 0.15) is 0 Å². The first-order valence-electron chi connectivity index (χ1n) is 4.20. The Labute approximate surface area is 87.6 Å². The molecule has 1 aromatic carbocycles. The second-order valence-electron chi connectivity index (χ2n) is 2.62. The Morgan fingerprint density at radius 2 is 1.62 bits per heavy atom. The van der Waals surface area contributed by atoms with Crippen LogP contribution in [0.1, 0.15) is 20.3 Å². The van der Waals surface area contributed by atoms with Crippen molar-refractivity contribution in [3.05, 3.63) is 29.3 Å². The number of hydrogen-bond acceptors (Lipinski definition) is 1. The van der Waals surface area contributed by atoms with Crippen molar-refractivity contribution in [2.24, 2.45) is 0 Å². The average molecular weight is 219 g/mol. The highest BCUT2D eigenvalue weighted by Crippen LogP contribution is 2.11. The molecule has 0 saturated heterocycles. The minimum atomic E-state index is -0.896. The van der Waals surface area contributed by atoms with E-state index in [0.29, 0.717) is 5.02 Å². The van der Waals surface area contributed by atoms with Crippen molar-refractivity contribution in [2.45, 2.75) is 25.2 Å². The van der Waals surface area contributed by atoms with Crippen LogP contribution in [0.4, 0.5) is 0 Å². The summed E-state index contributed by atoms with van der Waals surface area (Å²) >= 11 is 5.62. The molecule has 0 saturated carbocycles. The summed E-state index contributed by atoms with van der Waals surface area (Å²) in [5, 5.41) is 0.675. The quantitative estimate of drug-likeness (QED) is 0.705. The van der Waals surface area contributed by atoms with Crippen molar-refractivity contribution >= 4 is 22.4 Å². The molecule has 0 aliphatic heterocycles. The molecule has 1 nitrogen and oxygen atoms in total. The topological polar surface area (TPSA) is 17.1 Å². The Morgan fingerprint density at radius 3 is 1.92 bits per heavy atom. The molecule has 0 aliphatic carbocycles. The molecule has 1 aromatic rings. The van der Waals surface area contributed by atoms with E-state index in [1.54, 1.807) is 30.5 Å². The lowest BCUT2D eigenvalue weighted by molar-refractivity contribution is 0.687. The van der Waals surface area contributed by atoms with Crippen LogP contribution in [-0.4, -0.2) is 10.5 Å². The summed E-state index contributed by atoms with van der Waals surface area (Å²) in [6.07, 6.45) is 2.89. The summed E-state index contributed by atoms with van der Waals surface area (Å²) in [6, 6.07) is 6.99. The van der Waals surface area contributed by atoms with Gasteiger partial charge in [0.2, 0.25) is 0 Å². The molecule has 74 valence electrons. The van der Waals surface area contributed by atoms with Gasteiger partial charge in [-0.05, 0) is 24.3 Å². The maximum atomic E-state index is 10.8. The largest absolute Gasteiger partial charge is 0.255 e. The Morgan fingerprint density at radius 1 is 1.23 bits per heavy atom. The van der Waals surface area contributed by atoms with Crippen molar-refractivity contribution in [3.8, 4) is 0 Å². The fraction of sp³-hybridized carbons (Fsp3) is 0.400. The highest BCUT2D eigenvalue weighted by Gasteiger charge is 1.94. The molecule has 0 aliphatic rings. The third kappa shape index (κ3) is 5.83. The van der Waals surface area contributed by atoms with Crippen LogP contribution in [0.5, 0.6) is 0 Å². The van der Waals surface area contributed by atoms with E-state index < -0.39 is 10.8 Å². The zero-order valence-electron chi connectivity index (χ0n) is 8.21. The Bertz CT molecular complexity index is 256. The van der Waals surface area contributed by atoms with Gasteiger partial charge in [-0.2, -0.15) is 0 Å². The number of benzene rings is 1. The van der Waals surface area contributed by atoms with Crippen LogP contribution >= 0.6 is 11.6 Å². The summed E-state index contributed by atoms with van der Waals surface area (Å²) in [7, 11) is -0.896. The van der Waals surface area contributed by atoms with Gasteiger partial charge >= 0.3 is 0 Å². The number of hydrogen-bond donors (Lipinski definition) is 0. The predicted molar refractivity (Wildman–Crippen MR) is 59.7 cm³/mol. The molecule has 0 bridgehead atoms. The molecule has 0 amide bonds. The average Bonchev–Trinajstić information content (AvgIpc) is 2.06. The van der Waals surface area contributed by atoms with E-state index in [0.717, 1.165) is 4.90 Å². The van der Waals surface area contributed by atoms with Gasteiger partial charge in [0, 0.05) is 27.0 Å². The Kier molecular flexibility index (Phi) is 6.92. The number of rotatable bonds is 1. The SMILES string of the molecule is CCC.CS(=O)c1ccc(Cl)cc1. The van der Waals surface area contributed by atoms with Crippen molar-refractivity contribution in [2.75, 3.05) is 6.26 Å². The minimum Gasteiger partial charge on any atom is -0.255 e. The van der Waals surface area contributed by atoms with Crippen LogP contribution in [0.15, 0.2) is 29.2 Å². The lowest BCUT2D eigenvalue weighted by Gasteiger charge is -1.93. The Balaban J connectivity index is 0.000000424. The van der Waals surface area contributed by atoms with Crippen molar-refractivity contribution in [1.29, 1.82) is 0 Å². The van der Waals surface area contributed by atoms with Gasteiger partial charge in [-0.1, -0.05) is 31.9 Å². The minimum absolute atomic E-state index is 0.675. The van der Waals surface area contributed by atoms with Crippen LogP contribution in [-0.2, 0) is 10.8 Å². The molecule has 0 heterocycles. The lowest BCUT2D eigenvalue weighted by Crippen LogP contribution is -1.84. The molecule has 0 aromatic heterocycles. The van der Waals surface area contributed by atoms with E-state index in [2.05, 4.69) is 13.8 Å². The highest BCUT2D eigenvalue weighted by atomic mass is 35.5. The molecule has 1 atom stereocenters. The lowest BCUT2D eigenvalue weighted by atomic mass is 10.4. The summed E-state index contributed by atoms with van der Waals surface area (Å²) < 4.78 is 10.8. The first-order valence-corrected chi connectivity index (χ1v) is 6.14. The van der Waals surface area contributed by atoms with Crippen LogP contribution in [0.3, 0.4) is 0 Å². The van der Waals surface area contributed by atoms with Gasteiger partial charge in [-0.25, -0.2) is 0 Å². The summed E-state index contributed by atoms with van der Waals surface area (Å²) in [4.78, 5) is 0.810. The molecular weight excluding hydrogens is 204 g/mol. The van der Waals surface area contributed by atoms with Gasteiger partial charge in [-0.15, -0.1) is 0 Å². The van der Waals surface area contributed by atoms with Gasteiger partial charge in [0.15, 0.2) is 0 Å². The molecule has 3 heteroatoms. The summed E-state index contributed by atoms with van der Waals surface area (Å²) in [5.74, 6) is 0. The highest BCUT2D eigenvalue weighted by molar-refractivity contribution is 7.84. The van der Waals surface area contributed by atoms with Crippen LogP contribution in [0.25, 0.3) is 0 Å². The van der Waals surface area contributed by atoms with E-state index in [9.17, 15) is 4.21 Å². The van der Waals surface area contributed by atoms with Crippen molar-refractivity contribution < 1.29 is 4.21 Å². The second kappa shape index (κ2) is 7.10. The van der Waals surface area contributed by atoms with E-state index in [1.807, 2.05) is 0 Å². The third-order valence-corrected chi connectivity index (χ3v) is 2.33. The van der Waals surface area contributed by atoms with E-state index in [4.69, 9.17) is 11.6 Å². The molecule has 13 heavy (non-hydrogen) atoms. The molecule has 1 rings (SSSR count). The zero-order chi connectivity index (χ0) is 10.3. The molecule has 0 fully saturated rings. The fourth-order valence-corrected chi connectivity index (χ4v) is 1.27. The molecule has 0 radical (unpaired) electrons.